The van der Waals surface area contributed by atoms with Gasteiger partial charge in [0.2, 0.25) is 0 Å². The van der Waals surface area contributed by atoms with E-state index in [4.69, 9.17) is 10.5 Å². The summed E-state index contributed by atoms with van der Waals surface area (Å²) in [5, 5.41) is 1.10. The summed E-state index contributed by atoms with van der Waals surface area (Å²) < 4.78 is 5.32. The number of hydrogen-bond donors (Lipinski definition) is 1. The van der Waals surface area contributed by atoms with Crippen molar-refractivity contribution in [2.24, 2.45) is 5.73 Å². The van der Waals surface area contributed by atoms with Crippen LogP contribution in [0.15, 0.2) is 30.5 Å². The summed E-state index contributed by atoms with van der Waals surface area (Å²) in [4.78, 5) is 4.54. The van der Waals surface area contributed by atoms with Crippen molar-refractivity contribution >= 4 is 10.9 Å². The molecule has 0 unspecified atom stereocenters. The molecule has 2 aromatic rings. The first-order valence-corrected chi connectivity index (χ1v) is 6.45. The lowest BCUT2D eigenvalue weighted by molar-refractivity contribution is 0.418. The van der Waals surface area contributed by atoms with Crippen LogP contribution in [0.3, 0.4) is 0 Å². The standard InChI is InChI=1S/C15H18N2O/c1-18-13-6-4-5-11-9-12(10-17-14(11)13)15(16)7-2-3-8-15/h4-6,9-10H,2-3,7-8,16H2,1H3. The first kappa shape index (κ1) is 11.5. The highest BCUT2D eigenvalue weighted by molar-refractivity contribution is 5.84. The highest BCUT2D eigenvalue weighted by atomic mass is 16.5. The summed E-state index contributed by atoms with van der Waals surface area (Å²) in [6.07, 6.45) is 6.46. The van der Waals surface area contributed by atoms with Gasteiger partial charge in [-0.15, -0.1) is 0 Å². The van der Waals surface area contributed by atoms with Crippen LogP contribution in [0.5, 0.6) is 5.75 Å². The number of hydrogen-bond acceptors (Lipinski definition) is 3. The topological polar surface area (TPSA) is 48.1 Å². The minimum absolute atomic E-state index is 0.176. The van der Waals surface area contributed by atoms with Gasteiger partial charge in [-0.2, -0.15) is 0 Å². The van der Waals surface area contributed by atoms with Crippen molar-refractivity contribution in [3.63, 3.8) is 0 Å². The van der Waals surface area contributed by atoms with Gasteiger partial charge in [0.1, 0.15) is 11.3 Å². The lowest BCUT2D eigenvalue weighted by atomic mass is 9.90. The summed E-state index contributed by atoms with van der Waals surface area (Å²) in [6, 6.07) is 8.15. The van der Waals surface area contributed by atoms with Crippen LogP contribution in [0, 0.1) is 0 Å². The minimum Gasteiger partial charge on any atom is -0.494 e. The van der Waals surface area contributed by atoms with Gasteiger partial charge in [-0.05, 0) is 30.5 Å². The molecule has 1 saturated carbocycles. The Morgan fingerprint density at radius 3 is 2.78 bits per heavy atom. The quantitative estimate of drug-likeness (QED) is 0.880. The second kappa shape index (κ2) is 4.25. The van der Waals surface area contributed by atoms with Crippen molar-refractivity contribution in [3.05, 3.63) is 36.0 Å². The Labute approximate surface area is 107 Å². The van der Waals surface area contributed by atoms with E-state index in [1.54, 1.807) is 7.11 Å². The summed E-state index contributed by atoms with van der Waals surface area (Å²) in [5.74, 6) is 0.816. The van der Waals surface area contributed by atoms with E-state index in [0.717, 1.165) is 35.1 Å². The van der Waals surface area contributed by atoms with Crippen LogP contribution in [-0.2, 0) is 5.54 Å². The average molecular weight is 242 g/mol. The second-order valence-electron chi connectivity index (χ2n) is 5.12. The molecule has 3 heteroatoms. The number of rotatable bonds is 2. The molecule has 0 spiro atoms. The maximum Gasteiger partial charge on any atom is 0.145 e. The van der Waals surface area contributed by atoms with Gasteiger partial charge in [-0.1, -0.05) is 25.0 Å². The van der Waals surface area contributed by atoms with Crippen LogP contribution in [0.2, 0.25) is 0 Å². The number of ether oxygens (including phenoxy) is 1. The summed E-state index contributed by atoms with van der Waals surface area (Å²) >= 11 is 0. The lowest BCUT2D eigenvalue weighted by Crippen LogP contribution is -2.33. The minimum atomic E-state index is -0.176. The normalized spacial score (nSPS) is 18.1. The molecule has 1 aromatic heterocycles. The van der Waals surface area contributed by atoms with E-state index in [9.17, 15) is 0 Å². The monoisotopic (exact) mass is 242 g/mol. The van der Waals surface area contributed by atoms with Gasteiger partial charge in [-0.25, -0.2) is 0 Å². The van der Waals surface area contributed by atoms with Crippen molar-refractivity contribution in [2.75, 3.05) is 7.11 Å². The molecule has 0 bridgehead atoms. The van der Waals surface area contributed by atoms with Crippen molar-refractivity contribution in [1.29, 1.82) is 0 Å². The number of benzene rings is 1. The molecule has 18 heavy (non-hydrogen) atoms. The van der Waals surface area contributed by atoms with Gasteiger partial charge in [0, 0.05) is 17.1 Å². The van der Waals surface area contributed by atoms with E-state index in [1.807, 2.05) is 18.3 Å². The summed E-state index contributed by atoms with van der Waals surface area (Å²) in [5.41, 5.74) is 8.36. The Hall–Kier alpha value is -1.61. The van der Waals surface area contributed by atoms with Crippen LogP contribution in [0.25, 0.3) is 10.9 Å². The average Bonchev–Trinajstić information content (AvgIpc) is 2.85. The molecule has 94 valence electrons. The van der Waals surface area contributed by atoms with E-state index < -0.39 is 0 Å². The van der Waals surface area contributed by atoms with E-state index in [0.29, 0.717) is 0 Å². The Kier molecular flexibility index (Phi) is 2.71. The SMILES string of the molecule is COc1cccc2cc(C3(N)CCCC3)cnc12. The van der Waals surface area contributed by atoms with Gasteiger partial charge >= 0.3 is 0 Å². The molecule has 0 aliphatic heterocycles. The number of pyridine rings is 1. The number of para-hydroxylation sites is 1. The number of methoxy groups -OCH3 is 1. The summed E-state index contributed by atoms with van der Waals surface area (Å²) in [7, 11) is 1.67. The van der Waals surface area contributed by atoms with E-state index in [1.165, 1.54) is 12.8 Å². The van der Waals surface area contributed by atoms with Crippen LogP contribution < -0.4 is 10.5 Å². The number of fused-ring (bicyclic) bond motifs is 1. The Morgan fingerprint density at radius 1 is 1.28 bits per heavy atom. The maximum absolute atomic E-state index is 6.47. The molecule has 2 N–H and O–H groups in total. The molecule has 3 rings (SSSR count). The molecule has 0 saturated heterocycles. The van der Waals surface area contributed by atoms with Crippen molar-refractivity contribution in [2.45, 2.75) is 31.2 Å². The fourth-order valence-electron chi connectivity index (χ4n) is 2.86. The molecule has 1 fully saturated rings. The van der Waals surface area contributed by atoms with E-state index >= 15 is 0 Å². The third kappa shape index (κ3) is 1.75. The van der Waals surface area contributed by atoms with Gasteiger partial charge < -0.3 is 10.5 Å². The van der Waals surface area contributed by atoms with Crippen LogP contribution in [0.4, 0.5) is 0 Å². The molecule has 1 aromatic carbocycles. The second-order valence-corrected chi connectivity index (χ2v) is 5.12. The first-order valence-electron chi connectivity index (χ1n) is 6.45. The molecule has 1 aliphatic rings. The fourth-order valence-corrected chi connectivity index (χ4v) is 2.86. The first-order chi connectivity index (χ1) is 8.73. The zero-order valence-corrected chi connectivity index (χ0v) is 10.6. The van der Waals surface area contributed by atoms with Gasteiger partial charge in [0.15, 0.2) is 0 Å². The number of aromatic nitrogens is 1. The van der Waals surface area contributed by atoms with Crippen molar-refractivity contribution in [3.8, 4) is 5.75 Å². The van der Waals surface area contributed by atoms with Gasteiger partial charge in [0.05, 0.1) is 7.11 Å². The zero-order valence-electron chi connectivity index (χ0n) is 10.6. The Bertz CT molecular complexity index is 574. The number of nitrogens with zero attached hydrogens (tertiary/aromatic N) is 1. The molecular weight excluding hydrogens is 224 g/mol. The molecule has 0 amide bonds. The fraction of sp³-hybridized carbons (Fsp3) is 0.400. The molecule has 0 radical (unpaired) electrons. The Balaban J connectivity index is 2.12. The van der Waals surface area contributed by atoms with E-state index in [2.05, 4.69) is 17.1 Å². The maximum atomic E-state index is 6.47. The Morgan fingerprint density at radius 2 is 2.06 bits per heavy atom. The molecule has 1 heterocycles. The molecular formula is C15H18N2O. The van der Waals surface area contributed by atoms with E-state index in [-0.39, 0.29) is 5.54 Å². The third-order valence-corrected chi connectivity index (χ3v) is 3.96. The molecule has 0 atom stereocenters. The van der Waals surface area contributed by atoms with Gasteiger partial charge in [0.25, 0.3) is 0 Å². The third-order valence-electron chi connectivity index (χ3n) is 3.96. The van der Waals surface area contributed by atoms with Crippen LogP contribution in [0.1, 0.15) is 31.2 Å². The van der Waals surface area contributed by atoms with Gasteiger partial charge in [-0.3, -0.25) is 4.98 Å². The summed E-state index contributed by atoms with van der Waals surface area (Å²) in [6.45, 7) is 0. The smallest absolute Gasteiger partial charge is 0.145 e. The highest BCUT2D eigenvalue weighted by Gasteiger charge is 2.31. The predicted octanol–water partition coefficient (Wildman–Crippen LogP) is 2.97. The lowest BCUT2D eigenvalue weighted by Gasteiger charge is -2.24. The van der Waals surface area contributed by atoms with Crippen molar-refractivity contribution < 1.29 is 4.74 Å². The van der Waals surface area contributed by atoms with Crippen LogP contribution >= 0.6 is 0 Å². The zero-order chi connectivity index (χ0) is 12.6. The molecule has 1 aliphatic carbocycles. The number of nitrogens with two attached hydrogens (primary N) is 1. The van der Waals surface area contributed by atoms with Crippen LogP contribution in [-0.4, -0.2) is 12.1 Å². The predicted molar refractivity (Wildman–Crippen MR) is 72.6 cm³/mol. The largest absolute Gasteiger partial charge is 0.494 e. The highest BCUT2D eigenvalue weighted by Crippen LogP contribution is 2.37. The van der Waals surface area contributed by atoms with Crippen molar-refractivity contribution in [1.82, 2.24) is 4.98 Å². The molecule has 3 nitrogen and oxygen atoms in total.